The molecule has 1 aromatic rings. The zero-order valence-corrected chi connectivity index (χ0v) is 10.8. The van der Waals surface area contributed by atoms with E-state index in [4.69, 9.17) is 11.5 Å². The molecule has 1 aromatic carbocycles. The van der Waals surface area contributed by atoms with Gasteiger partial charge in [-0.2, -0.15) is 0 Å². The van der Waals surface area contributed by atoms with Crippen molar-refractivity contribution in [1.82, 2.24) is 0 Å². The van der Waals surface area contributed by atoms with Gasteiger partial charge in [0.25, 0.3) is 0 Å². The molecule has 0 bridgehead atoms. The van der Waals surface area contributed by atoms with Crippen LogP contribution in [0, 0.1) is 0 Å². The molecule has 0 aliphatic carbocycles. The fourth-order valence-electron chi connectivity index (χ4n) is 1.35. The van der Waals surface area contributed by atoms with Crippen LogP contribution in [0.2, 0.25) is 0 Å². The smallest absolute Gasteiger partial charge is 0.545 e. The summed E-state index contributed by atoms with van der Waals surface area (Å²) in [5.41, 5.74) is 7.14. The summed E-state index contributed by atoms with van der Waals surface area (Å²) in [5, 5.41) is 21.5. The van der Waals surface area contributed by atoms with Crippen LogP contribution in [0.1, 0.15) is 41.4 Å². The van der Waals surface area contributed by atoms with Crippen LogP contribution >= 0.6 is 0 Å². The molecule has 2 amide bonds. The zero-order valence-electron chi connectivity index (χ0n) is 10.8. The number of carboxylic acid groups (broad SMARTS) is 2. The van der Waals surface area contributed by atoms with Gasteiger partial charge in [0.05, 0.1) is 11.9 Å². The minimum Gasteiger partial charge on any atom is -0.545 e. The summed E-state index contributed by atoms with van der Waals surface area (Å²) in [6, 6.07) is 1.23. The quantitative estimate of drug-likeness (QED) is 0.512. The Hall–Kier alpha value is -1.71. The number of carbonyl (C=O) groups excluding carboxylic acids is 4. The Morgan fingerprint density at radius 1 is 0.700 bits per heavy atom. The van der Waals surface area contributed by atoms with Gasteiger partial charge in [-0.25, -0.2) is 0 Å². The van der Waals surface area contributed by atoms with Gasteiger partial charge in [0, 0.05) is 22.3 Å². The molecule has 0 spiro atoms. The second-order valence-corrected chi connectivity index (χ2v) is 3.25. The number of rotatable bonds is 4. The number of aromatic carboxylic acids is 2. The molecule has 0 saturated heterocycles. The van der Waals surface area contributed by atoms with E-state index < -0.39 is 46.0 Å². The van der Waals surface area contributed by atoms with Crippen LogP contribution in [0.15, 0.2) is 12.1 Å². The SMILES string of the molecule is NC(=O)c1cc(C(N)=O)c(C(=O)[O-])cc1C(=O)[O-].[Li+].[Li+]. The number of carbonyl (C=O) groups is 4. The van der Waals surface area contributed by atoms with Gasteiger partial charge >= 0.3 is 37.7 Å². The molecular weight excluding hydrogens is 258 g/mol. The molecule has 0 aromatic heterocycles. The van der Waals surface area contributed by atoms with E-state index in [0.29, 0.717) is 12.1 Å². The van der Waals surface area contributed by atoms with Crippen LogP contribution in [0.25, 0.3) is 0 Å². The standard InChI is InChI=1S/C10H8N2O6.2Li/c11-7(13)3-1-4(8(12)14)6(10(17)18)2-5(3)9(15)16;;/h1-2H,(H2,11,13)(H2,12,14)(H,15,16)(H,17,18);;/q;2*+1/p-2. The summed E-state index contributed by atoms with van der Waals surface area (Å²) in [5.74, 6) is -5.96. The summed E-state index contributed by atoms with van der Waals surface area (Å²) in [4.78, 5) is 43.5. The Balaban J connectivity index is 0. The van der Waals surface area contributed by atoms with Gasteiger partial charge in [-0.15, -0.1) is 0 Å². The Labute approximate surface area is 136 Å². The third-order valence-corrected chi connectivity index (χ3v) is 2.13. The van der Waals surface area contributed by atoms with Crippen molar-refractivity contribution in [3.05, 3.63) is 34.4 Å². The van der Waals surface area contributed by atoms with E-state index in [9.17, 15) is 29.4 Å². The first kappa shape index (κ1) is 20.6. The molecule has 20 heavy (non-hydrogen) atoms. The second kappa shape index (κ2) is 7.78. The van der Waals surface area contributed by atoms with Crippen molar-refractivity contribution in [2.75, 3.05) is 0 Å². The molecule has 0 fully saturated rings. The summed E-state index contributed by atoms with van der Waals surface area (Å²) >= 11 is 0. The number of amides is 2. The molecule has 10 heteroatoms. The fourth-order valence-corrected chi connectivity index (χ4v) is 1.35. The molecular formula is C10H6Li2N2O6. The van der Waals surface area contributed by atoms with Crippen LogP contribution in [0.4, 0.5) is 0 Å². The van der Waals surface area contributed by atoms with Crippen molar-refractivity contribution >= 4 is 23.8 Å². The number of nitrogens with two attached hydrogens (primary N) is 2. The third kappa shape index (κ3) is 4.15. The predicted molar refractivity (Wildman–Crippen MR) is 52.1 cm³/mol. The van der Waals surface area contributed by atoms with Crippen LogP contribution in [0.3, 0.4) is 0 Å². The number of benzene rings is 1. The van der Waals surface area contributed by atoms with Gasteiger partial charge in [0.15, 0.2) is 0 Å². The topological polar surface area (TPSA) is 166 Å². The molecule has 0 saturated carbocycles. The molecule has 0 unspecified atom stereocenters. The summed E-state index contributed by atoms with van der Waals surface area (Å²) < 4.78 is 0. The van der Waals surface area contributed by atoms with Crippen molar-refractivity contribution in [1.29, 1.82) is 0 Å². The van der Waals surface area contributed by atoms with E-state index in [1.54, 1.807) is 0 Å². The van der Waals surface area contributed by atoms with Gasteiger partial charge in [-0.3, -0.25) is 9.59 Å². The van der Waals surface area contributed by atoms with E-state index in [-0.39, 0.29) is 37.7 Å². The average molecular weight is 264 g/mol. The van der Waals surface area contributed by atoms with Crippen LogP contribution in [-0.2, 0) is 0 Å². The first-order valence-electron chi connectivity index (χ1n) is 4.46. The third-order valence-electron chi connectivity index (χ3n) is 2.13. The van der Waals surface area contributed by atoms with Crippen molar-refractivity contribution < 1.29 is 67.1 Å². The Morgan fingerprint density at radius 3 is 1.15 bits per heavy atom. The van der Waals surface area contributed by atoms with Crippen LogP contribution < -0.4 is 59.4 Å². The molecule has 0 aliphatic heterocycles. The Kier molecular flexibility index (Phi) is 8.02. The summed E-state index contributed by atoms with van der Waals surface area (Å²) in [7, 11) is 0. The Morgan fingerprint density at radius 2 is 0.950 bits per heavy atom. The van der Waals surface area contributed by atoms with E-state index >= 15 is 0 Å². The number of primary amides is 2. The molecule has 0 radical (unpaired) electrons. The van der Waals surface area contributed by atoms with E-state index in [1.165, 1.54) is 0 Å². The first-order chi connectivity index (χ1) is 8.25. The van der Waals surface area contributed by atoms with Gasteiger partial charge in [-0.1, -0.05) is 0 Å². The molecule has 1 rings (SSSR count). The molecule has 8 nitrogen and oxygen atoms in total. The van der Waals surface area contributed by atoms with Crippen molar-refractivity contribution in [2.45, 2.75) is 0 Å². The van der Waals surface area contributed by atoms with Crippen molar-refractivity contribution in [3.63, 3.8) is 0 Å². The molecule has 4 N–H and O–H groups in total. The predicted octanol–water partition coefficient (Wildman–Crippen LogP) is -9.38. The largest absolute Gasteiger partial charge is 1.00 e. The van der Waals surface area contributed by atoms with E-state index in [2.05, 4.69) is 0 Å². The van der Waals surface area contributed by atoms with Crippen molar-refractivity contribution in [3.8, 4) is 0 Å². The maximum atomic E-state index is 11.0. The zero-order chi connectivity index (χ0) is 14.0. The maximum absolute atomic E-state index is 11.0. The minimum absolute atomic E-state index is 0. The molecule has 0 atom stereocenters. The second-order valence-electron chi connectivity index (χ2n) is 3.25. The number of carboxylic acids is 2. The van der Waals surface area contributed by atoms with Gasteiger partial charge in [0.2, 0.25) is 11.8 Å². The summed E-state index contributed by atoms with van der Waals surface area (Å²) in [6.07, 6.45) is 0. The number of hydrogen-bond donors (Lipinski definition) is 2. The number of hydrogen-bond acceptors (Lipinski definition) is 6. The van der Waals surface area contributed by atoms with E-state index in [0.717, 1.165) is 0 Å². The van der Waals surface area contributed by atoms with Crippen molar-refractivity contribution in [2.24, 2.45) is 11.5 Å². The summed E-state index contributed by atoms with van der Waals surface area (Å²) in [6.45, 7) is 0. The van der Waals surface area contributed by atoms with Gasteiger partial charge in [0.1, 0.15) is 0 Å². The molecule has 0 heterocycles. The Bertz CT molecular complexity index is 489. The van der Waals surface area contributed by atoms with Gasteiger partial charge in [-0.05, 0) is 12.1 Å². The fraction of sp³-hybridized carbons (Fsp3) is 0. The normalized spacial score (nSPS) is 8.80. The molecule has 0 aliphatic rings. The van der Waals surface area contributed by atoms with Gasteiger partial charge < -0.3 is 31.3 Å². The van der Waals surface area contributed by atoms with Crippen LogP contribution in [0.5, 0.6) is 0 Å². The molecule has 94 valence electrons. The maximum Gasteiger partial charge on any atom is 1.00 e. The monoisotopic (exact) mass is 264 g/mol. The first-order valence-corrected chi connectivity index (χ1v) is 4.46. The minimum atomic E-state index is -1.82. The van der Waals surface area contributed by atoms with E-state index in [1.807, 2.05) is 0 Å². The van der Waals surface area contributed by atoms with Crippen LogP contribution in [-0.4, -0.2) is 23.8 Å². The average Bonchev–Trinajstić information content (AvgIpc) is 2.26.